The van der Waals surface area contributed by atoms with E-state index in [1.807, 2.05) is 24.1 Å². The van der Waals surface area contributed by atoms with Crippen LogP contribution < -0.4 is 4.90 Å². The Balaban J connectivity index is 1.97. The molecule has 1 aliphatic rings. The smallest absolute Gasteiger partial charge is 0.168 e. The standard InChI is InChI=1S/C12H17N3OS/c1-2-17-15-7-5-14(6-8-15)12-3-4-13-11(9-12)10-16/h3-4,9-10H,2,5-8H2,1H3. The molecule has 1 saturated heterocycles. The van der Waals surface area contributed by atoms with E-state index in [9.17, 15) is 4.79 Å². The highest BCUT2D eigenvalue weighted by Crippen LogP contribution is 2.19. The van der Waals surface area contributed by atoms with Gasteiger partial charge in [-0.25, -0.2) is 4.31 Å². The molecule has 92 valence electrons. The molecule has 5 heteroatoms. The summed E-state index contributed by atoms with van der Waals surface area (Å²) in [7, 11) is 0. The molecule has 2 rings (SSSR count). The minimum atomic E-state index is 0.507. The van der Waals surface area contributed by atoms with Crippen LogP contribution in [0.4, 0.5) is 5.69 Å². The van der Waals surface area contributed by atoms with Gasteiger partial charge in [0.1, 0.15) is 5.69 Å². The zero-order chi connectivity index (χ0) is 12.1. The Labute approximate surface area is 106 Å². The Morgan fingerprint density at radius 3 is 2.82 bits per heavy atom. The summed E-state index contributed by atoms with van der Waals surface area (Å²) in [4.78, 5) is 17.0. The fourth-order valence-corrected chi connectivity index (χ4v) is 2.74. The van der Waals surface area contributed by atoms with Gasteiger partial charge in [0.05, 0.1) is 0 Å². The first-order valence-electron chi connectivity index (χ1n) is 5.87. The number of pyridine rings is 1. The highest BCUT2D eigenvalue weighted by Gasteiger charge is 2.17. The Kier molecular flexibility index (Phi) is 4.39. The van der Waals surface area contributed by atoms with Gasteiger partial charge in [-0.1, -0.05) is 18.9 Å². The average molecular weight is 251 g/mol. The van der Waals surface area contributed by atoms with Crippen molar-refractivity contribution in [3.05, 3.63) is 24.0 Å². The van der Waals surface area contributed by atoms with E-state index in [0.29, 0.717) is 5.69 Å². The molecular formula is C12H17N3OS. The van der Waals surface area contributed by atoms with Gasteiger partial charge in [-0.2, -0.15) is 0 Å². The Morgan fingerprint density at radius 1 is 1.41 bits per heavy atom. The number of hydrogen-bond acceptors (Lipinski definition) is 5. The Bertz CT molecular complexity index is 378. The van der Waals surface area contributed by atoms with Crippen LogP contribution in [0.15, 0.2) is 18.3 Å². The third-order valence-electron chi connectivity index (χ3n) is 2.80. The molecule has 1 fully saturated rings. The quantitative estimate of drug-likeness (QED) is 0.601. The van der Waals surface area contributed by atoms with Crippen LogP contribution in [0.2, 0.25) is 0 Å². The zero-order valence-corrected chi connectivity index (χ0v) is 10.8. The summed E-state index contributed by atoms with van der Waals surface area (Å²) in [6.07, 6.45) is 2.50. The van der Waals surface area contributed by atoms with Gasteiger partial charge in [-0.05, 0) is 12.1 Å². The number of aldehydes is 1. The molecule has 0 atom stereocenters. The van der Waals surface area contributed by atoms with E-state index in [0.717, 1.165) is 43.9 Å². The number of carbonyl (C=O) groups is 1. The van der Waals surface area contributed by atoms with Crippen LogP contribution in [0.1, 0.15) is 17.4 Å². The number of rotatable bonds is 4. The minimum absolute atomic E-state index is 0.507. The third kappa shape index (κ3) is 3.20. The van der Waals surface area contributed by atoms with Crippen LogP contribution in [0.5, 0.6) is 0 Å². The van der Waals surface area contributed by atoms with Crippen molar-refractivity contribution in [3.63, 3.8) is 0 Å². The molecule has 0 bridgehead atoms. The number of nitrogens with zero attached hydrogens (tertiary/aromatic N) is 3. The van der Waals surface area contributed by atoms with Gasteiger partial charge >= 0.3 is 0 Å². The predicted molar refractivity (Wildman–Crippen MR) is 71.5 cm³/mol. The van der Waals surface area contributed by atoms with Gasteiger partial charge in [-0.15, -0.1) is 0 Å². The molecule has 0 aromatic carbocycles. The first-order chi connectivity index (χ1) is 8.33. The molecule has 0 spiro atoms. The zero-order valence-electron chi connectivity index (χ0n) is 10.0. The lowest BCUT2D eigenvalue weighted by Crippen LogP contribution is -2.43. The molecule has 0 unspecified atom stereocenters. The fourth-order valence-electron chi connectivity index (χ4n) is 1.96. The van der Waals surface area contributed by atoms with Crippen molar-refractivity contribution in [1.82, 2.24) is 9.29 Å². The lowest BCUT2D eigenvalue weighted by atomic mass is 10.2. The van der Waals surface area contributed by atoms with Gasteiger partial charge in [0.15, 0.2) is 6.29 Å². The Morgan fingerprint density at radius 2 is 2.18 bits per heavy atom. The predicted octanol–water partition coefficient (Wildman–Crippen LogP) is 1.68. The van der Waals surface area contributed by atoms with Crippen LogP contribution in [0.25, 0.3) is 0 Å². The van der Waals surface area contributed by atoms with E-state index < -0.39 is 0 Å². The minimum Gasteiger partial charge on any atom is -0.369 e. The molecule has 1 aromatic heterocycles. The van der Waals surface area contributed by atoms with E-state index in [1.165, 1.54) is 0 Å². The molecule has 17 heavy (non-hydrogen) atoms. The summed E-state index contributed by atoms with van der Waals surface area (Å²) in [5.74, 6) is 1.13. The van der Waals surface area contributed by atoms with E-state index in [-0.39, 0.29) is 0 Å². The highest BCUT2D eigenvalue weighted by atomic mass is 32.2. The molecular weight excluding hydrogens is 234 g/mol. The van der Waals surface area contributed by atoms with Crippen LogP contribution in [-0.4, -0.2) is 47.5 Å². The number of hydrogen-bond donors (Lipinski definition) is 0. The fraction of sp³-hybridized carbons (Fsp3) is 0.500. The third-order valence-corrected chi connectivity index (χ3v) is 3.79. The maximum atomic E-state index is 10.7. The lowest BCUT2D eigenvalue weighted by molar-refractivity contribution is 0.111. The molecule has 0 saturated carbocycles. The van der Waals surface area contributed by atoms with E-state index >= 15 is 0 Å². The summed E-state index contributed by atoms with van der Waals surface area (Å²) < 4.78 is 2.40. The maximum Gasteiger partial charge on any atom is 0.168 e. The second-order valence-electron chi connectivity index (χ2n) is 3.89. The second-order valence-corrected chi connectivity index (χ2v) is 5.24. The number of aromatic nitrogens is 1. The normalized spacial score (nSPS) is 17.1. The average Bonchev–Trinajstić information content (AvgIpc) is 2.40. The topological polar surface area (TPSA) is 36.4 Å². The SMILES string of the molecule is CCSN1CCN(c2ccnc(C=O)c2)CC1. The van der Waals surface area contributed by atoms with Gasteiger partial charge in [0, 0.05) is 43.8 Å². The largest absolute Gasteiger partial charge is 0.369 e. The lowest BCUT2D eigenvalue weighted by Gasteiger charge is -2.35. The van der Waals surface area contributed by atoms with Crippen molar-refractivity contribution in [2.75, 3.05) is 36.8 Å². The van der Waals surface area contributed by atoms with E-state index in [2.05, 4.69) is 21.1 Å². The van der Waals surface area contributed by atoms with E-state index in [4.69, 9.17) is 0 Å². The van der Waals surface area contributed by atoms with Crippen LogP contribution in [0.3, 0.4) is 0 Å². The van der Waals surface area contributed by atoms with Crippen LogP contribution in [0, 0.1) is 0 Å². The monoisotopic (exact) mass is 251 g/mol. The van der Waals surface area contributed by atoms with Gasteiger partial charge in [0.25, 0.3) is 0 Å². The summed E-state index contributed by atoms with van der Waals surface area (Å²) >= 11 is 1.90. The molecule has 0 aliphatic carbocycles. The van der Waals surface area contributed by atoms with Crippen molar-refractivity contribution in [1.29, 1.82) is 0 Å². The van der Waals surface area contributed by atoms with Gasteiger partial charge in [-0.3, -0.25) is 9.78 Å². The number of piperazine rings is 1. The van der Waals surface area contributed by atoms with Crippen LogP contribution in [-0.2, 0) is 0 Å². The number of anilines is 1. The molecule has 0 radical (unpaired) electrons. The first kappa shape index (κ1) is 12.4. The summed E-state index contributed by atoms with van der Waals surface area (Å²) in [5, 5.41) is 0. The number of carbonyl (C=O) groups excluding carboxylic acids is 1. The molecule has 0 amide bonds. The van der Waals surface area contributed by atoms with Crippen molar-refractivity contribution in [2.45, 2.75) is 6.92 Å². The van der Waals surface area contributed by atoms with Gasteiger partial charge < -0.3 is 4.90 Å². The summed E-state index contributed by atoms with van der Waals surface area (Å²) in [6.45, 7) is 6.33. The summed E-state index contributed by atoms with van der Waals surface area (Å²) in [6, 6.07) is 3.82. The molecule has 2 heterocycles. The highest BCUT2D eigenvalue weighted by molar-refractivity contribution is 7.96. The second kappa shape index (κ2) is 6.02. The van der Waals surface area contributed by atoms with Crippen molar-refractivity contribution in [3.8, 4) is 0 Å². The van der Waals surface area contributed by atoms with Crippen molar-refractivity contribution >= 4 is 23.9 Å². The maximum absolute atomic E-state index is 10.7. The first-order valence-corrected chi connectivity index (χ1v) is 6.81. The van der Waals surface area contributed by atoms with Crippen LogP contribution >= 0.6 is 11.9 Å². The molecule has 4 nitrogen and oxygen atoms in total. The Hall–Kier alpha value is -1.07. The van der Waals surface area contributed by atoms with E-state index in [1.54, 1.807) is 6.20 Å². The summed E-state index contributed by atoms with van der Waals surface area (Å²) in [5.41, 5.74) is 1.61. The molecule has 1 aromatic rings. The van der Waals surface area contributed by atoms with Crippen molar-refractivity contribution < 1.29 is 4.79 Å². The van der Waals surface area contributed by atoms with Gasteiger partial charge in [0.2, 0.25) is 0 Å². The molecule has 0 N–H and O–H groups in total. The molecule has 1 aliphatic heterocycles. The van der Waals surface area contributed by atoms with Crippen molar-refractivity contribution in [2.24, 2.45) is 0 Å².